The van der Waals surface area contributed by atoms with E-state index in [1.165, 1.54) is 30.4 Å². The number of nitrogens with one attached hydrogen (secondary N) is 1. The number of aryl methyl sites for hydroxylation is 1. The maximum atomic E-state index is 11.9. The molecule has 1 amide bonds. The van der Waals surface area contributed by atoms with Crippen LogP contribution in [0.2, 0.25) is 0 Å². The largest absolute Gasteiger partial charge is 0.355 e. The van der Waals surface area contributed by atoms with Crippen molar-refractivity contribution in [3.05, 3.63) is 35.4 Å². The second-order valence-electron chi connectivity index (χ2n) is 6.25. The van der Waals surface area contributed by atoms with E-state index in [2.05, 4.69) is 29.6 Å². The van der Waals surface area contributed by atoms with Crippen molar-refractivity contribution in [2.45, 2.75) is 46.0 Å². The minimum absolute atomic E-state index is 0.144. The van der Waals surface area contributed by atoms with Gasteiger partial charge in [-0.2, -0.15) is 0 Å². The maximum absolute atomic E-state index is 11.9. The van der Waals surface area contributed by atoms with Gasteiger partial charge in [0.2, 0.25) is 5.91 Å². The Labute approximate surface area is 110 Å². The van der Waals surface area contributed by atoms with Gasteiger partial charge in [-0.3, -0.25) is 4.79 Å². The summed E-state index contributed by atoms with van der Waals surface area (Å²) in [6.45, 7) is 6.64. The van der Waals surface area contributed by atoms with E-state index in [-0.39, 0.29) is 11.3 Å². The van der Waals surface area contributed by atoms with Gasteiger partial charge >= 0.3 is 0 Å². The average Bonchev–Trinajstić information content (AvgIpc) is 2.34. The van der Waals surface area contributed by atoms with Crippen molar-refractivity contribution in [3.8, 4) is 0 Å². The fourth-order valence-corrected chi connectivity index (χ4v) is 2.55. The van der Waals surface area contributed by atoms with Crippen molar-refractivity contribution in [1.82, 2.24) is 5.32 Å². The van der Waals surface area contributed by atoms with Crippen LogP contribution in [0.1, 0.15) is 50.7 Å². The van der Waals surface area contributed by atoms with Crippen LogP contribution in [0.4, 0.5) is 0 Å². The van der Waals surface area contributed by atoms with Crippen molar-refractivity contribution in [3.63, 3.8) is 0 Å². The highest BCUT2D eigenvalue weighted by molar-refractivity contribution is 5.81. The van der Waals surface area contributed by atoms with Gasteiger partial charge in [-0.15, -0.1) is 0 Å². The van der Waals surface area contributed by atoms with Crippen LogP contribution in [0.25, 0.3) is 0 Å². The van der Waals surface area contributed by atoms with Crippen LogP contribution in [-0.2, 0) is 11.2 Å². The molecule has 0 aromatic heterocycles. The van der Waals surface area contributed by atoms with Crippen LogP contribution >= 0.6 is 0 Å². The van der Waals surface area contributed by atoms with Crippen LogP contribution < -0.4 is 5.32 Å². The molecule has 0 spiro atoms. The van der Waals surface area contributed by atoms with E-state index in [4.69, 9.17) is 0 Å². The monoisotopic (exact) mass is 245 g/mol. The molecule has 1 aromatic rings. The topological polar surface area (TPSA) is 29.1 Å². The lowest BCUT2D eigenvalue weighted by Gasteiger charge is -2.27. The molecule has 1 aliphatic carbocycles. The second-order valence-corrected chi connectivity index (χ2v) is 6.25. The molecule has 1 unspecified atom stereocenters. The van der Waals surface area contributed by atoms with Gasteiger partial charge in [-0.1, -0.05) is 45.0 Å². The third-order valence-corrected chi connectivity index (χ3v) is 3.68. The van der Waals surface area contributed by atoms with Gasteiger partial charge < -0.3 is 5.32 Å². The molecule has 1 aromatic carbocycles. The number of amides is 1. The maximum Gasteiger partial charge on any atom is 0.225 e. The van der Waals surface area contributed by atoms with Crippen LogP contribution in [0.3, 0.4) is 0 Å². The molecule has 0 saturated carbocycles. The summed E-state index contributed by atoms with van der Waals surface area (Å²) in [6.07, 6.45) is 3.59. The molecular formula is C16H23NO. The molecule has 2 rings (SSSR count). The summed E-state index contributed by atoms with van der Waals surface area (Å²) in [4.78, 5) is 11.9. The number of hydrogen-bond donors (Lipinski definition) is 1. The predicted octanol–water partition coefficient (Wildman–Crippen LogP) is 3.27. The predicted molar refractivity (Wildman–Crippen MR) is 74.6 cm³/mol. The van der Waals surface area contributed by atoms with Gasteiger partial charge in [0.1, 0.15) is 0 Å². The van der Waals surface area contributed by atoms with Crippen molar-refractivity contribution in [2.75, 3.05) is 6.54 Å². The molecule has 0 aliphatic heterocycles. The molecule has 1 aliphatic rings. The highest BCUT2D eigenvalue weighted by atomic mass is 16.2. The molecule has 98 valence electrons. The minimum atomic E-state index is -0.297. The van der Waals surface area contributed by atoms with Crippen molar-refractivity contribution < 1.29 is 4.79 Å². The van der Waals surface area contributed by atoms with Gasteiger partial charge in [-0.05, 0) is 30.4 Å². The standard InChI is InChI=1S/C16H23NO/c1-16(2,3)15(18)17-11-13-9-6-8-12-7-4-5-10-14(12)13/h4-5,7,10,13H,6,8-9,11H2,1-3H3,(H,17,18). The summed E-state index contributed by atoms with van der Waals surface area (Å²) in [5, 5.41) is 3.09. The first-order valence-electron chi connectivity index (χ1n) is 6.84. The summed E-state index contributed by atoms with van der Waals surface area (Å²) in [6, 6.07) is 8.63. The lowest BCUT2D eigenvalue weighted by atomic mass is 9.82. The third-order valence-electron chi connectivity index (χ3n) is 3.68. The third kappa shape index (κ3) is 2.92. The fraction of sp³-hybridized carbons (Fsp3) is 0.562. The van der Waals surface area contributed by atoms with Gasteiger partial charge in [0, 0.05) is 17.9 Å². The van der Waals surface area contributed by atoms with Gasteiger partial charge in [0.15, 0.2) is 0 Å². The highest BCUT2D eigenvalue weighted by Crippen LogP contribution is 2.31. The Morgan fingerprint density at radius 1 is 1.33 bits per heavy atom. The first kappa shape index (κ1) is 13.1. The summed E-state index contributed by atoms with van der Waals surface area (Å²) in [5.41, 5.74) is 2.59. The van der Waals surface area contributed by atoms with Gasteiger partial charge in [0.05, 0.1) is 0 Å². The quantitative estimate of drug-likeness (QED) is 0.851. The number of rotatable bonds is 2. The fourth-order valence-electron chi connectivity index (χ4n) is 2.55. The Morgan fingerprint density at radius 2 is 2.06 bits per heavy atom. The lowest BCUT2D eigenvalue weighted by Crippen LogP contribution is -2.37. The summed E-state index contributed by atoms with van der Waals surface area (Å²) in [5.74, 6) is 0.631. The molecule has 0 heterocycles. The Bertz CT molecular complexity index is 431. The first-order chi connectivity index (χ1) is 8.48. The van der Waals surface area contributed by atoms with E-state index in [1.807, 2.05) is 20.8 Å². The number of carbonyl (C=O) groups is 1. The van der Waals surface area contributed by atoms with E-state index in [9.17, 15) is 4.79 Å². The zero-order valence-corrected chi connectivity index (χ0v) is 11.6. The van der Waals surface area contributed by atoms with E-state index in [1.54, 1.807) is 0 Å². The molecule has 0 radical (unpaired) electrons. The molecule has 0 saturated heterocycles. The molecule has 18 heavy (non-hydrogen) atoms. The number of carbonyl (C=O) groups excluding carboxylic acids is 1. The summed E-state index contributed by atoms with van der Waals surface area (Å²) < 4.78 is 0. The smallest absolute Gasteiger partial charge is 0.225 e. The average molecular weight is 245 g/mol. The van der Waals surface area contributed by atoms with E-state index < -0.39 is 0 Å². The van der Waals surface area contributed by atoms with Crippen LogP contribution in [-0.4, -0.2) is 12.5 Å². The van der Waals surface area contributed by atoms with Crippen molar-refractivity contribution >= 4 is 5.91 Å². The Kier molecular flexibility index (Phi) is 3.74. The molecule has 2 heteroatoms. The molecule has 2 nitrogen and oxygen atoms in total. The van der Waals surface area contributed by atoms with E-state index >= 15 is 0 Å². The van der Waals surface area contributed by atoms with Gasteiger partial charge in [-0.25, -0.2) is 0 Å². The van der Waals surface area contributed by atoms with Gasteiger partial charge in [0.25, 0.3) is 0 Å². The Balaban J connectivity index is 2.02. The zero-order chi connectivity index (χ0) is 13.2. The molecular weight excluding hydrogens is 222 g/mol. The van der Waals surface area contributed by atoms with Crippen molar-refractivity contribution in [1.29, 1.82) is 0 Å². The van der Waals surface area contributed by atoms with Crippen molar-refractivity contribution in [2.24, 2.45) is 5.41 Å². The number of benzene rings is 1. The summed E-state index contributed by atoms with van der Waals surface area (Å²) >= 11 is 0. The van der Waals surface area contributed by atoms with Crippen LogP contribution in [0, 0.1) is 5.41 Å². The van der Waals surface area contributed by atoms with E-state index in [0.717, 1.165) is 6.54 Å². The lowest BCUT2D eigenvalue weighted by molar-refractivity contribution is -0.128. The molecule has 0 fully saturated rings. The summed E-state index contributed by atoms with van der Waals surface area (Å²) in [7, 11) is 0. The van der Waals surface area contributed by atoms with E-state index in [0.29, 0.717) is 5.92 Å². The Hall–Kier alpha value is -1.31. The molecule has 0 bridgehead atoms. The second kappa shape index (κ2) is 5.13. The SMILES string of the molecule is CC(C)(C)C(=O)NCC1CCCc2ccccc21. The zero-order valence-electron chi connectivity index (χ0n) is 11.6. The Morgan fingerprint density at radius 3 is 2.78 bits per heavy atom. The molecule has 1 atom stereocenters. The normalized spacial score (nSPS) is 19.2. The minimum Gasteiger partial charge on any atom is -0.355 e. The highest BCUT2D eigenvalue weighted by Gasteiger charge is 2.24. The van der Waals surface area contributed by atoms with Crippen LogP contribution in [0.5, 0.6) is 0 Å². The first-order valence-corrected chi connectivity index (χ1v) is 6.84. The molecule has 1 N–H and O–H groups in total. The number of fused-ring (bicyclic) bond motifs is 1. The van der Waals surface area contributed by atoms with Crippen LogP contribution in [0.15, 0.2) is 24.3 Å². The number of hydrogen-bond acceptors (Lipinski definition) is 1.